The van der Waals surface area contributed by atoms with Gasteiger partial charge in [0.05, 0.1) is 6.61 Å². The third-order valence-electron chi connectivity index (χ3n) is 5.60. The summed E-state index contributed by atoms with van der Waals surface area (Å²) in [5, 5.41) is 0. The highest BCUT2D eigenvalue weighted by molar-refractivity contribution is 5.92. The highest BCUT2D eigenvalue weighted by Gasteiger charge is 2.10. The summed E-state index contributed by atoms with van der Waals surface area (Å²) in [6, 6.07) is 7.42. The number of benzene rings is 1. The van der Waals surface area contributed by atoms with Crippen LogP contribution in [0, 0.1) is 0 Å². The van der Waals surface area contributed by atoms with Crippen LogP contribution in [-0.2, 0) is 14.3 Å². The van der Waals surface area contributed by atoms with E-state index in [1.54, 1.807) is 6.07 Å². The van der Waals surface area contributed by atoms with Gasteiger partial charge in [-0.25, -0.2) is 9.59 Å². The molecule has 0 bridgehead atoms. The molecule has 0 amide bonds. The predicted molar refractivity (Wildman–Crippen MR) is 132 cm³/mol. The van der Waals surface area contributed by atoms with Crippen LogP contribution in [0.2, 0.25) is 0 Å². The molecule has 0 aliphatic rings. The standard InChI is InChI=1S/C28H44O4/c1-4-5-6-7-8-9-10-11-12-13-14-15-18-23-31-27(29)21-22-28(30)32-26-20-17-16-19-25(26)24(2)3/h16-17,19-22,24H,4-15,18,23H2,1-3H3/b22-21+. The lowest BCUT2D eigenvalue weighted by Gasteiger charge is -2.11. The first kappa shape index (κ1) is 27.9. The number of hydrogen-bond donors (Lipinski definition) is 0. The van der Waals surface area contributed by atoms with Gasteiger partial charge in [-0.3, -0.25) is 0 Å². The Morgan fingerprint density at radius 1 is 0.750 bits per heavy atom. The summed E-state index contributed by atoms with van der Waals surface area (Å²) < 4.78 is 10.5. The number of carbonyl (C=O) groups is 2. The van der Waals surface area contributed by atoms with Crippen molar-refractivity contribution >= 4 is 11.9 Å². The van der Waals surface area contributed by atoms with Crippen molar-refractivity contribution in [3.05, 3.63) is 42.0 Å². The maximum Gasteiger partial charge on any atom is 0.336 e. The molecule has 0 unspecified atom stereocenters. The zero-order chi connectivity index (χ0) is 23.4. The minimum absolute atomic E-state index is 0.244. The zero-order valence-electron chi connectivity index (χ0n) is 20.6. The zero-order valence-corrected chi connectivity index (χ0v) is 20.6. The van der Waals surface area contributed by atoms with E-state index >= 15 is 0 Å². The lowest BCUT2D eigenvalue weighted by molar-refractivity contribution is -0.138. The number of esters is 2. The van der Waals surface area contributed by atoms with Crippen LogP contribution in [0.3, 0.4) is 0 Å². The van der Waals surface area contributed by atoms with Gasteiger partial charge in [0.15, 0.2) is 0 Å². The first-order valence-corrected chi connectivity index (χ1v) is 12.7. The van der Waals surface area contributed by atoms with Crippen molar-refractivity contribution in [1.82, 2.24) is 0 Å². The third-order valence-corrected chi connectivity index (χ3v) is 5.60. The third kappa shape index (κ3) is 14.1. The number of carbonyl (C=O) groups excluding carboxylic acids is 2. The molecule has 1 aromatic rings. The number of para-hydroxylation sites is 1. The fraction of sp³-hybridized carbons (Fsp3) is 0.643. The monoisotopic (exact) mass is 444 g/mol. The van der Waals surface area contributed by atoms with E-state index in [2.05, 4.69) is 6.92 Å². The largest absolute Gasteiger partial charge is 0.463 e. The van der Waals surface area contributed by atoms with Crippen molar-refractivity contribution in [3.8, 4) is 5.75 Å². The molecular weight excluding hydrogens is 400 g/mol. The van der Waals surface area contributed by atoms with Crippen LogP contribution < -0.4 is 4.74 Å². The average Bonchev–Trinajstić information content (AvgIpc) is 2.78. The van der Waals surface area contributed by atoms with Gasteiger partial charge < -0.3 is 9.47 Å². The second kappa shape index (κ2) is 18.5. The molecule has 0 aliphatic heterocycles. The van der Waals surface area contributed by atoms with E-state index in [0.29, 0.717) is 12.4 Å². The molecule has 0 heterocycles. The molecule has 0 aromatic heterocycles. The van der Waals surface area contributed by atoms with Crippen molar-refractivity contribution in [3.63, 3.8) is 0 Å². The van der Waals surface area contributed by atoms with Crippen LogP contribution in [-0.4, -0.2) is 18.5 Å². The van der Waals surface area contributed by atoms with Gasteiger partial charge in [0.2, 0.25) is 0 Å². The van der Waals surface area contributed by atoms with Crippen molar-refractivity contribution in [2.75, 3.05) is 6.61 Å². The van der Waals surface area contributed by atoms with E-state index < -0.39 is 11.9 Å². The Labute approximate surface area is 195 Å². The highest BCUT2D eigenvalue weighted by Crippen LogP contribution is 2.25. The van der Waals surface area contributed by atoms with Crippen molar-refractivity contribution in [2.24, 2.45) is 0 Å². The smallest absolute Gasteiger partial charge is 0.336 e. The summed E-state index contributed by atoms with van der Waals surface area (Å²) >= 11 is 0. The maximum atomic E-state index is 12.0. The highest BCUT2D eigenvalue weighted by atomic mass is 16.5. The first-order valence-electron chi connectivity index (χ1n) is 12.7. The molecule has 0 aliphatic carbocycles. The SMILES string of the molecule is CCCCCCCCCCCCCCCOC(=O)/C=C/C(=O)Oc1ccccc1C(C)C. The van der Waals surface area contributed by atoms with E-state index in [1.807, 2.05) is 32.0 Å². The summed E-state index contributed by atoms with van der Waals surface area (Å²) in [5.41, 5.74) is 0.958. The molecule has 0 saturated heterocycles. The molecule has 4 heteroatoms. The van der Waals surface area contributed by atoms with Crippen LogP contribution in [0.1, 0.15) is 116 Å². The number of ether oxygens (including phenoxy) is 2. The van der Waals surface area contributed by atoms with Gasteiger partial charge in [0.1, 0.15) is 5.75 Å². The Kier molecular flexibility index (Phi) is 16.1. The van der Waals surface area contributed by atoms with Gasteiger partial charge in [-0.2, -0.15) is 0 Å². The van der Waals surface area contributed by atoms with Crippen LogP contribution >= 0.6 is 0 Å². The first-order chi connectivity index (χ1) is 15.5. The molecule has 0 atom stereocenters. The normalized spacial score (nSPS) is 11.2. The predicted octanol–water partition coefficient (Wildman–Crippen LogP) is 7.91. The average molecular weight is 445 g/mol. The Hall–Kier alpha value is -2.10. The molecule has 180 valence electrons. The van der Waals surface area contributed by atoms with Crippen molar-refractivity contribution in [2.45, 2.75) is 110 Å². The molecule has 32 heavy (non-hydrogen) atoms. The fourth-order valence-corrected chi connectivity index (χ4v) is 3.67. The Morgan fingerprint density at radius 2 is 1.25 bits per heavy atom. The molecule has 0 saturated carbocycles. The van der Waals surface area contributed by atoms with Crippen LogP contribution in [0.5, 0.6) is 5.75 Å². The Balaban J connectivity index is 2.02. The molecule has 0 fully saturated rings. The molecule has 0 N–H and O–H groups in total. The van der Waals surface area contributed by atoms with Crippen LogP contribution in [0.4, 0.5) is 0 Å². The summed E-state index contributed by atoms with van der Waals surface area (Å²) in [6.45, 7) is 6.73. The number of unbranched alkanes of at least 4 members (excludes halogenated alkanes) is 12. The molecule has 1 rings (SSSR count). The van der Waals surface area contributed by atoms with Gasteiger partial charge in [0, 0.05) is 12.2 Å². The van der Waals surface area contributed by atoms with E-state index in [4.69, 9.17) is 9.47 Å². The summed E-state index contributed by atoms with van der Waals surface area (Å²) in [6.07, 6.45) is 18.9. The summed E-state index contributed by atoms with van der Waals surface area (Å²) in [4.78, 5) is 23.8. The van der Waals surface area contributed by atoms with Crippen molar-refractivity contribution in [1.29, 1.82) is 0 Å². The summed E-state index contributed by atoms with van der Waals surface area (Å²) in [5.74, 6) is -0.306. The van der Waals surface area contributed by atoms with Crippen molar-refractivity contribution < 1.29 is 19.1 Å². The van der Waals surface area contributed by atoms with E-state index in [1.165, 1.54) is 70.6 Å². The van der Waals surface area contributed by atoms with Gasteiger partial charge >= 0.3 is 11.9 Å². The molecule has 1 aromatic carbocycles. The number of rotatable bonds is 18. The maximum absolute atomic E-state index is 12.0. The van der Waals surface area contributed by atoms with E-state index in [0.717, 1.165) is 30.6 Å². The van der Waals surface area contributed by atoms with E-state index in [9.17, 15) is 9.59 Å². The minimum atomic E-state index is -0.573. The lowest BCUT2D eigenvalue weighted by Crippen LogP contribution is -2.08. The summed E-state index contributed by atoms with van der Waals surface area (Å²) in [7, 11) is 0. The Bertz CT molecular complexity index is 663. The second-order valence-electron chi connectivity index (χ2n) is 8.86. The van der Waals surface area contributed by atoms with Crippen LogP contribution in [0.25, 0.3) is 0 Å². The number of hydrogen-bond acceptors (Lipinski definition) is 4. The fourth-order valence-electron chi connectivity index (χ4n) is 3.67. The molecule has 4 nitrogen and oxygen atoms in total. The van der Waals surface area contributed by atoms with Crippen LogP contribution in [0.15, 0.2) is 36.4 Å². The quantitative estimate of drug-likeness (QED) is 0.0999. The molecule has 0 spiro atoms. The topological polar surface area (TPSA) is 52.6 Å². The van der Waals surface area contributed by atoms with Gasteiger partial charge in [-0.15, -0.1) is 0 Å². The Morgan fingerprint density at radius 3 is 1.81 bits per heavy atom. The molecule has 0 radical (unpaired) electrons. The van der Waals surface area contributed by atoms with Gasteiger partial charge in [-0.1, -0.05) is 116 Å². The van der Waals surface area contributed by atoms with E-state index in [-0.39, 0.29) is 5.92 Å². The minimum Gasteiger partial charge on any atom is -0.463 e. The lowest BCUT2D eigenvalue weighted by atomic mass is 10.0. The molecular formula is C28H44O4. The van der Waals surface area contributed by atoms with Gasteiger partial charge in [-0.05, 0) is 24.0 Å². The van der Waals surface area contributed by atoms with Gasteiger partial charge in [0.25, 0.3) is 0 Å². The second-order valence-corrected chi connectivity index (χ2v) is 8.86.